The van der Waals surface area contributed by atoms with Crippen molar-refractivity contribution in [3.8, 4) is 5.75 Å². The molecule has 0 radical (unpaired) electrons. The smallest absolute Gasteiger partial charge is 0.194 e. The van der Waals surface area contributed by atoms with Crippen LogP contribution in [0.4, 0.5) is 5.69 Å². The topological polar surface area (TPSA) is 40.1 Å². The Labute approximate surface area is 146 Å². The quantitative estimate of drug-likeness (QED) is 0.377. The summed E-state index contributed by atoms with van der Waals surface area (Å²) >= 11 is 0. The Morgan fingerprint density at radius 2 is 2.00 bits per heavy atom. The number of rotatable bonds is 6. The molecule has 0 bridgehead atoms. The van der Waals surface area contributed by atoms with Crippen molar-refractivity contribution in [2.75, 3.05) is 51.3 Å². The molecule has 1 N–H and O–H groups in total. The zero-order valence-corrected chi connectivity index (χ0v) is 15.2. The fraction of sp³-hybridized carbons (Fsp3) is 0.526. The summed E-state index contributed by atoms with van der Waals surface area (Å²) in [6, 6.07) is 8.23. The number of hydrogen-bond donors (Lipinski definition) is 1. The summed E-state index contributed by atoms with van der Waals surface area (Å²) in [6.45, 7) is 9.77. The van der Waals surface area contributed by atoms with E-state index in [4.69, 9.17) is 9.73 Å². The summed E-state index contributed by atoms with van der Waals surface area (Å²) in [5.41, 5.74) is 1.18. The van der Waals surface area contributed by atoms with Crippen molar-refractivity contribution in [2.24, 2.45) is 4.99 Å². The van der Waals surface area contributed by atoms with Gasteiger partial charge in [-0.1, -0.05) is 24.3 Å². The lowest BCUT2D eigenvalue weighted by atomic mass is 10.2. The number of nitrogens with zero attached hydrogens (tertiary/aromatic N) is 3. The lowest BCUT2D eigenvalue weighted by Gasteiger charge is -2.38. The van der Waals surface area contributed by atoms with Crippen LogP contribution in [0.25, 0.3) is 0 Å². The van der Waals surface area contributed by atoms with E-state index in [2.05, 4.69) is 46.3 Å². The monoisotopic (exact) mass is 330 g/mol. The molecule has 5 heteroatoms. The molecule has 0 aliphatic carbocycles. The van der Waals surface area contributed by atoms with E-state index in [-0.39, 0.29) is 0 Å². The highest BCUT2D eigenvalue weighted by atomic mass is 16.5. The SMILES string of the molecule is C/C=C/CCN=C(NCC)N1CCN(c2ccccc2OC)CC1. The molecule has 0 aromatic heterocycles. The fourth-order valence-corrected chi connectivity index (χ4v) is 2.89. The van der Waals surface area contributed by atoms with Crippen LogP contribution >= 0.6 is 0 Å². The molecule has 1 saturated heterocycles. The normalized spacial score (nSPS) is 15.9. The Morgan fingerprint density at radius 1 is 1.25 bits per heavy atom. The molecule has 1 aromatic rings. The van der Waals surface area contributed by atoms with Crippen molar-refractivity contribution in [3.63, 3.8) is 0 Å². The average Bonchev–Trinajstić information content (AvgIpc) is 2.64. The Morgan fingerprint density at radius 3 is 2.67 bits per heavy atom. The maximum absolute atomic E-state index is 5.49. The molecule has 2 rings (SSSR count). The number of methoxy groups -OCH3 is 1. The maximum atomic E-state index is 5.49. The van der Waals surface area contributed by atoms with Crippen LogP contribution in [-0.2, 0) is 0 Å². The summed E-state index contributed by atoms with van der Waals surface area (Å²) in [5, 5.41) is 3.42. The minimum atomic E-state index is 0.833. The number of guanidine groups is 1. The number of para-hydroxylation sites is 2. The number of hydrogen-bond acceptors (Lipinski definition) is 3. The van der Waals surface area contributed by atoms with E-state index in [1.807, 2.05) is 19.1 Å². The van der Waals surface area contributed by atoms with E-state index in [0.717, 1.165) is 57.4 Å². The van der Waals surface area contributed by atoms with Crippen molar-refractivity contribution >= 4 is 11.6 Å². The third kappa shape index (κ3) is 4.91. The standard InChI is InChI=1S/C19H30N4O/c1-4-6-9-12-21-19(20-5-2)23-15-13-22(14-16-23)17-10-7-8-11-18(17)24-3/h4,6-8,10-11H,5,9,12-16H2,1-3H3,(H,20,21)/b6-4+. The average molecular weight is 330 g/mol. The number of benzene rings is 1. The van der Waals surface area contributed by atoms with Crippen LogP contribution in [0.5, 0.6) is 5.75 Å². The molecule has 0 amide bonds. The van der Waals surface area contributed by atoms with Gasteiger partial charge in [0.05, 0.1) is 12.8 Å². The molecule has 24 heavy (non-hydrogen) atoms. The molecule has 0 spiro atoms. The maximum Gasteiger partial charge on any atom is 0.194 e. The number of nitrogens with one attached hydrogen (secondary N) is 1. The molecule has 5 nitrogen and oxygen atoms in total. The van der Waals surface area contributed by atoms with Gasteiger partial charge < -0.3 is 19.9 Å². The minimum Gasteiger partial charge on any atom is -0.495 e. The first-order valence-corrected chi connectivity index (χ1v) is 8.82. The third-order valence-corrected chi connectivity index (χ3v) is 4.13. The van der Waals surface area contributed by atoms with Crippen LogP contribution in [0.3, 0.4) is 0 Å². The van der Waals surface area contributed by atoms with Crippen LogP contribution in [-0.4, -0.2) is 57.2 Å². The van der Waals surface area contributed by atoms with Gasteiger partial charge in [-0.05, 0) is 32.4 Å². The number of piperazine rings is 1. The molecule has 0 saturated carbocycles. The Hall–Kier alpha value is -2.17. The predicted octanol–water partition coefficient (Wildman–Crippen LogP) is 2.75. The van der Waals surface area contributed by atoms with E-state index >= 15 is 0 Å². The van der Waals surface area contributed by atoms with E-state index in [9.17, 15) is 0 Å². The van der Waals surface area contributed by atoms with Crippen molar-refractivity contribution in [2.45, 2.75) is 20.3 Å². The van der Waals surface area contributed by atoms with Crippen molar-refractivity contribution in [1.82, 2.24) is 10.2 Å². The van der Waals surface area contributed by atoms with Gasteiger partial charge in [-0.2, -0.15) is 0 Å². The highest BCUT2D eigenvalue weighted by Crippen LogP contribution is 2.28. The van der Waals surface area contributed by atoms with Crippen molar-refractivity contribution in [3.05, 3.63) is 36.4 Å². The number of allylic oxidation sites excluding steroid dienone is 1. The molecule has 0 atom stereocenters. The molecule has 1 aliphatic rings. The van der Waals surface area contributed by atoms with Crippen LogP contribution < -0.4 is 15.0 Å². The molecular weight excluding hydrogens is 300 g/mol. The minimum absolute atomic E-state index is 0.833. The van der Waals surface area contributed by atoms with Crippen LogP contribution in [0.1, 0.15) is 20.3 Å². The lowest BCUT2D eigenvalue weighted by Crippen LogP contribution is -2.52. The molecule has 132 valence electrons. The highest BCUT2D eigenvalue weighted by Gasteiger charge is 2.21. The zero-order chi connectivity index (χ0) is 17.2. The first kappa shape index (κ1) is 18.2. The summed E-state index contributed by atoms with van der Waals surface area (Å²) in [5.74, 6) is 1.97. The number of ether oxygens (including phenoxy) is 1. The molecule has 0 unspecified atom stereocenters. The Kier molecular flexibility index (Phi) is 7.46. The number of aliphatic imine (C=N–C) groups is 1. The van der Waals surface area contributed by atoms with Crippen molar-refractivity contribution < 1.29 is 4.74 Å². The van der Waals surface area contributed by atoms with Gasteiger partial charge in [-0.25, -0.2) is 0 Å². The van der Waals surface area contributed by atoms with E-state index in [1.165, 1.54) is 5.69 Å². The Balaban J connectivity index is 1.96. The van der Waals surface area contributed by atoms with Gasteiger partial charge in [0.2, 0.25) is 0 Å². The third-order valence-electron chi connectivity index (χ3n) is 4.13. The second-order valence-electron chi connectivity index (χ2n) is 5.74. The second kappa shape index (κ2) is 9.85. The summed E-state index contributed by atoms with van der Waals surface area (Å²) in [4.78, 5) is 9.48. The van der Waals surface area contributed by atoms with E-state index in [0.29, 0.717) is 0 Å². The molecule has 1 aliphatic heterocycles. The van der Waals surface area contributed by atoms with Gasteiger partial charge in [0.1, 0.15) is 5.75 Å². The van der Waals surface area contributed by atoms with Crippen molar-refractivity contribution in [1.29, 1.82) is 0 Å². The molecule has 1 aromatic carbocycles. The van der Waals surface area contributed by atoms with E-state index < -0.39 is 0 Å². The highest BCUT2D eigenvalue weighted by molar-refractivity contribution is 5.80. The van der Waals surface area contributed by atoms with Gasteiger partial charge in [-0.3, -0.25) is 4.99 Å². The fourth-order valence-electron chi connectivity index (χ4n) is 2.89. The van der Waals surface area contributed by atoms with Crippen LogP contribution in [0.15, 0.2) is 41.4 Å². The zero-order valence-electron chi connectivity index (χ0n) is 15.2. The van der Waals surface area contributed by atoms with Gasteiger partial charge in [0, 0.05) is 39.3 Å². The van der Waals surface area contributed by atoms with Gasteiger partial charge in [0.25, 0.3) is 0 Å². The largest absolute Gasteiger partial charge is 0.495 e. The first-order chi connectivity index (χ1) is 11.8. The summed E-state index contributed by atoms with van der Waals surface area (Å²) < 4.78 is 5.49. The molecule has 1 fully saturated rings. The number of anilines is 1. The van der Waals surface area contributed by atoms with E-state index in [1.54, 1.807) is 7.11 Å². The van der Waals surface area contributed by atoms with Gasteiger partial charge in [-0.15, -0.1) is 0 Å². The molecule has 1 heterocycles. The lowest BCUT2D eigenvalue weighted by molar-refractivity contribution is 0.367. The van der Waals surface area contributed by atoms with Gasteiger partial charge in [0.15, 0.2) is 5.96 Å². The Bertz CT molecular complexity index is 548. The first-order valence-electron chi connectivity index (χ1n) is 8.82. The van der Waals surface area contributed by atoms with Crippen LogP contribution in [0.2, 0.25) is 0 Å². The second-order valence-corrected chi connectivity index (χ2v) is 5.74. The summed E-state index contributed by atoms with van der Waals surface area (Å²) in [6.07, 6.45) is 5.23. The predicted molar refractivity (Wildman–Crippen MR) is 102 cm³/mol. The van der Waals surface area contributed by atoms with Gasteiger partial charge >= 0.3 is 0 Å². The molecular formula is C19H30N4O. The van der Waals surface area contributed by atoms with Crippen LogP contribution in [0, 0.1) is 0 Å². The summed E-state index contributed by atoms with van der Waals surface area (Å²) in [7, 11) is 1.73.